The van der Waals surface area contributed by atoms with Gasteiger partial charge in [-0.3, -0.25) is 19.9 Å². The molecule has 1 aliphatic rings. The van der Waals surface area contributed by atoms with Gasteiger partial charge in [0.1, 0.15) is 18.5 Å². The second kappa shape index (κ2) is 6.61. The molecule has 0 bridgehead atoms. The molecule has 2 N–H and O–H groups in total. The second-order valence-electron chi connectivity index (χ2n) is 5.35. The van der Waals surface area contributed by atoms with Gasteiger partial charge in [-0.05, 0) is 24.6 Å². The van der Waals surface area contributed by atoms with Crippen LogP contribution in [0.4, 0.5) is 9.18 Å². The summed E-state index contributed by atoms with van der Waals surface area (Å²) in [6.45, 7) is -0.118. The molecule has 0 unspecified atom stereocenters. The third-order valence-electron chi connectivity index (χ3n) is 3.63. The number of halogens is 1. The Bertz CT molecular complexity index is 824. The van der Waals surface area contributed by atoms with Crippen LogP contribution in [-0.4, -0.2) is 28.9 Å². The Morgan fingerprint density at radius 2 is 2.17 bits per heavy atom. The van der Waals surface area contributed by atoms with Crippen LogP contribution in [-0.2, 0) is 20.9 Å². The largest absolute Gasteiger partial charge is 0.461 e. The minimum Gasteiger partial charge on any atom is -0.461 e. The van der Waals surface area contributed by atoms with Crippen LogP contribution in [0.1, 0.15) is 18.4 Å². The Morgan fingerprint density at radius 1 is 1.33 bits per heavy atom. The molecule has 3 rings (SSSR count). The van der Waals surface area contributed by atoms with Crippen LogP contribution in [0.15, 0.2) is 30.5 Å². The van der Waals surface area contributed by atoms with E-state index < -0.39 is 29.8 Å². The van der Waals surface area contributed by atoms with Crippen LogP contribution in [0.5, 0.6) is 0 Å². The van der Waals surface area contributed by atoms with Crippen molar-refractivity contribution in [2.45, 2.75) is 25.5 Å². The average molecular weight is 331 g/mol. The Hall–Kier alpha value is -3.03. The zero-order valence-electron chi connectivity index (χ0n) is 12.5. The lowest BCUT2D eigenvalue weighted by Crippen LogP contribution is -2.29. The molecule has 0 aliphatic carbocycles. The molecule has 124 valence electrons. The van der Waals surface area contributed by atoms with E-state index in [1.165, 1.54) is 12.1 Å². The molecule has 24 heavy (non-hydrogen) atoms. The first kappa shape index (κ1) is 15.9. The van der Waals surface area contributed by atoms with E-state index in [9.17, 15) is 18.8 Å². The minimum absolute atomic E-state index is 0.0426. The first-order valence-electron chi connectivity index (χ1n) is 7.33. The maximum Gasteiger partial charge on any atom is 0.322 e. The Labute approximate surface area is 136 Å². The van der Waals surface area contributed by atoms with Gasteiger partial charge in [0.05, 0.1) is 5.52 Å². The van der Waals surface area contributed by atoms with Crippen LogP contribution in [0.2, 0.25) is 0 Å². The van der Waals surface area contributed by atoms with E-state index >= 15 is 0 Å². The maximum atomic E-state index is 13.6. The molecule has 1 aliphatic heterocycles. The Kier molecular flexibility index (Phi) is 4.37. The fourth-order valence-electron chi connectivity index (χ4n) is 2.49. The SMILES string of the molecule is O=C1NC(=O)[C@H](CCC(=O)OCc2cc(F)cc3cccnc23)N1. The van der Waals surface area contributed by atoms with Gasteiger partial charge in [-0.15, -0.1) is 0 Å². The molecule has 3 amide bonds. The van der Waals surface area contributed by atoms with Crippen LogP contribution < -0.4 is 10.6 Å². The lowest BCUT2D eigenvalue weighted by Gasteiger charge is -2.09. The van der Waals surface area contributed by atoms with Gasteiger partial charge in [-0.25, -0.2) is 9.18 Å². The molecule has 0 saturated carbocycles. The topological polar surface area (TPSA) is 97.4 Å². The van der Waals surface area contributed by atoms with E-state index in [0.29, 0.717) is 16.5 Å². The molecule has 8 heteroatoms. The smallest absolute Gasteiger partial charge is 0.322 e. The summed E-state index contributed by atoms with van der Waals surface area (Å²) in [5.41, 5.74) is 1.03. The number of ether oxygens (including phenoxy) is 1. The summed E-state index contributed by atoms with van der Waals surface area (Å²) in [7, 11) is 0. The number of nitrogens with one attached hydrogen (secondary N) is 2. The van der Waals surface area contributed by atoms with Crippen molar-refractivity contribution in [2.24, 2.45) is 0 Å². The number of benzene rings is 1. The number of pyridine rings is 1. The summed E-state index contributed by atoms with van der Waals surface area (Å²) < 4.78 is 18.7. The van der Waals surface area contributed by atoms with Crippen molar-refractivity contribution < 1.29 is 23.5 Å². The minimum atomic E-state index is -0.735. The molecule has 0 radical (unpaired) electrons. The van der Waals surface area contributed by atoms with Crippen LogP contribution in [0.25, 0.3) is 10.9 Å². The van der Waals surface area contributed by atoms with E-state index in [1.807, 2.05) is 0 Å². The number of rotatable bonds is 5. The second-order valence-corrected chi connectivity index (χ2v) is 5.35. The first-order chi connectivity index (χ1) is 11.5. The van der Waals surface area contributed by atoms with Gasteiger partial charge in [0, 0.05) is 23.6 Å². The number of aromatic nitrogens is 1. The molecule has 0 spiro atoms. The van der Waals surface area contributed by atoms with Gasteiger partial charge < -0.3 is 10.1 Å². The van der Waals surface area contributed by atoms with Gasteiger partial charge in [0.15, 0.2) is 0 Å². The fraction of sp³-hybridized carbons (Fsp3) is 0.250. The van der Waals surface area contributed by atoms with Crippen LogP contribution in [0.3, 0.4) is 0 Å². The monoisotopic (exact) mass is 331 g/mol. The zero-order valence-corrected chi connectivity index (χ0v) is 12.5. The van der Waals surface area contributed by atoms with Gasteiger partial charge in [-0.2, -0.15) is 0 Å². The van der Waals surface area contributed by atoms with Crippen molar-refractivity contribution in [2.75, 3.05) is 0 Å². The van der Waals surface area contributed by atoms with Crippen molar-refractivity contribution in [3.05, 3.63) is 41.8 Å². The van der Waals surface area contributed by atoms with Crippen molar-refractivity contribution in [3.63, 3.8) is 0 Å². The number of esters is 1. The number of fused-ring (bicyclic) bond motifs is 1. The van der Waals surface area contributed by atoms with E-state index in [0.717, 1.165) is 0 Å². The molecule has 1 aromatic heterocycles. The van der Waals surface area contributed by atoms with Crippen molar-refractivity contribution >= 4 is 28.8 Å². The van der Waals surface area contributed by atoms with E-state index in [1.54, 1.807) is 18.3 Å². The Morgan fingerprint density at radius 3 is 2.92 bits per heavy atom. The molecule has 7 nitrogen and oxygen atoms in total. The zero-order chi connectivity index (χ0) is 17.1. The van der Waals surface area contributed by atoms with Gasteiger partial charge >= 0.3 is 12.0 Å². The number of hydrogen-bond donors (Lipinski definition) is 2. The van der Waals surface area contributed by atoms with E-state index in [2.05, 4.69) is 15.6 Å². The van der Waals surface area contributed by atoms with Gasteiger partial charge in [0.2, 0.25) is 0 Å². The van der Waals surface area contributed by atoms with E-state index in [-0.39, 0.29) is 19.4 Å². The molecule has 2 aromatic rings. The maximum absolute atomic E-state index is 13.6. The van der Waals surface area contributed by atoms with Crippen molar-refractivity contribution in [1.29, 1.82) is 0 Å². The Balaban J connectivity index is 1.59. The summed E-state index contributed by atoms with van der Waals surface area (Å²) in [5.74, 6) is -1.45. The number of urea groups is 1. The molecular weight excluding hydrogens is 317 g/mol. The van der Waals surface area contributed by atoms with Gasteiger partial charge in [-0.1, -0.05) is 6.07 Å². The first-order valence-corrected chi connectivity index (χ1v) is 7.33. The summed E-state index contributed by atoms with van der Waals surface area (Å²) in [6, 6.07) is 4.73. The third kappa shape index (κ3) is 3.48. The highest BCUT2D eigenvalue weighted by atomic mass is 19.1. The molecular formula is C16H14FN3O4. The van der Waals surface area contributed by atoms with Crippen molar-refractivity contribution in [1.82, 2.24) is 15.6 Å². The lowest BCUT2D eigenvalue weighted by molar-refractivity contribution is -0.145. The summed E-state index contributed by atoms with van der Waals surface area (Å²) in [5, 5.41) is 5.10. The summed E-state index contributed by atoms with van der Waals surface area (Å²) in [6.07, 6.45) is 1.67. The summed E-state index contributed by atoms with van der Waals surface area (Å²) >= 11 is 0. The van der Waals surface area contributed by atoms with Crippen molar-refractivity contribution in [3.8, 4) is 0 Å². The number of hydrogen-bond acceptors (Lipinski definition) is 5. The molecule has 1 saturated heterocycles. The predicted molar refractivity (Wildman–Crippen MR) is 81.2 cm³/mol. The van der Waals surface area contributed by atoms with Gasteiger partial charge in [0.25, 0.3) is 5.91 Å². The van der Waals surface area contributed by atoms with Crippen LogP contribution >= 0.6 is 0 Å². The number of carbonyl (C=O) groups is 3. The third-order valence-corrected chi connectivity index (χ3v) is 3.63. The highest BCUT2D eigenvalue weighted by molar-refractivity contribution is 6.04. The standard InChI is InChI=1S/C16H14FN3O4/c17-11-6-9-2-1-5-18-14(9)10(7-11)8-24-13(21)4-3-12-15(22)20-16(23)19-12/h1-2,5-7,12H,3-4,8H2,(H2,19,20,22,23)/t12-/m0/s1. The highest BCUT2D eigenvalue weighted by Gasteiger charge is 2.29. The molecule has 2 heterocycles. The normalized spacial score (nSPS) is 16.8. The quantitative estimate of drug-likeness (QED) is 0.638. The van der Waals surface area contributed by atoms with Crippen LogP contribution in [0, 0.1) is 5.82 Å². The highest BCUT2D eigenvalue weighted by Crippen LogP contribution is 2.19. The van der Waals surface area contributed by atoms with E-state index in [4.69, 9.17) is 4.74 Å². The molecule has 1 fully saturated rings. The average Bonchev–Trinajstić information content (AvgIpc) is 2.88. The number of carbonyl (C=O) groups excluding carboxylic acids is 3. The number of amides is 3. The number of nitrogens with zero attached hydrogens (tertiary/aromatic N) is 1. The fourth-order valence-corrected chi connectivity index (χ4v) is 2.49. The summed E-state index contributed by atoms with van der Waals surface area (Å²) in [4.78, 5) is 38.3. The predicted octanol–water partition coefficient (Wildman–Crippen LogP) is 1.41. The lowest BCUT2D eigenvalue weighted by atomic mass is 10.1. The molecule has 1 atom stereocenters. The number of imide groups is 1. The molecule has 1 aromatic carbocycles.